The van der Waals surface area contributed by atoms with Crippen molar-refractivity contribution in [2.75, 3.05) is 6.54 Å². The highest BCUT2D eigenvalue weighted by Gasteiger charge is 2.43. The quantitative estimate of drug-likeness (QED) is 0.411. The lowest BCUT2D eigenvalue weighted by Gasteiger charge is -2.15. The number of aryl methyl sites for hydroxylation is 1. The van der Waals surface area contributed by atoms with Crippen LogP contribution in [0.2, 0.25) is 0 Å². The van der Waals surface area contributed by atoms with Gasteiger partial charge in [0.05, 0.1) is 18.5 Å². The van der Waals surface area contributed by atoms with E-state index in [1.54, 1.807) is 20.1 Å². The van der Waals surface area contributed by atoms with Crippen LogP contribution in [0.25, 0.3) is 0 Å². The van der Waals surface area contributed by atoms with Crippen LogP contribution in [0.1, 0.15) is 42.8 Å². The molecule has 0 unspecified atom stereocenters. The van der Waals surface area contributed by atoms with E-state index in [1.807, 2.05) is 48.9 Å². The average Bonchev–Trinajstić information content (AvgIpc) is 3.06. The van der Waals surface area contributed by atoms with Crippen molar-refractivity contribution < 1.29 is 14.4 Å². The Morgan fingerprint density at radius 3 is 2.57 bits per heavy atom. The maximum absolute atomic E-state index is 12.1. The number of rotatable bonds is 7. The molecular formula is C21H26N6O3. The topological polar surface area (TPSA) is 109 Å². The van der Waals surface area contributed by atoms with Gasteiger partial charge in [-0.25, -0.2) is 10.2 Å². The van der Waals surface area contributed by atoms with E-state index >= 15 is 0 Å². The van der Waals surface area contributed by atoms with Gasteiger partial charge >= 0.3 is 6.03 Å². The predicted octanol–water partition coefficient (Wildman–Crippen LogP) is 1.72. The number of hydrogen-bond acceptors (Lipinski definition) is 5. The zero-order valence-corrected chi connectivity index (χ0v) is 17.6. The third-order valence-electron chi connectivity index (χ3n) is 5.00. The van der Waals surface area contributed by atoms with E-state index in [0.717, 1.165) is 27.4 Å². The first-order valence-corrected chi connectivity index (χ1v) is 9.73. The summed E-state index contributed by atoms with van der Waals surface area (Å²) in [7, 11) is 0. The van der Waals surface area contributed by atoms with Crippen LogP contribution >= 0.6 is 0 Å². The minimum atomic E-state index is -0.944. The summed E-state index contributed by atoms with van der Waals surface area (Å²) in [5.41, 5.74) is 5.23. The molecule has 4 amide bonds. The SMILES string of the molecule is Cc1nn(Cc2ccccc2)c(C)c1/C=N\NC(=O)CCN1C(=O)NC(C)(C)C1=O. The summed E-state index contributed by atoms with van der Waals surface area (Å²) in [6.07, 6.45) is 1.53. The molecule has 3 rings (SSSR count). The van der Waals surface area contributed by atoms with Crippen LogP contribution in [0.3, 0.4) is 0 Å². The number of nitrogens with zero attached hydrogens (tertiary/aromatic N) is 4. The molecule has 9 nitrogen and oxygen atoms in total. The van der Waals surface area contributed by atoms with Gasteiger partial charge in [-0.2, -0.15) is 10.2 Å². The second kappa shape index (κ2) is 8.48. The highest BCUT2D eigenvalue weighted by molar-refractivity contribution is 6.06. The Hall–Kier alpha value is -3.49. The summed E-state index contributed by atoms with van der Waals surface area (Å²) in [4.78, 5) is 37.1. The molecule has 0 aliphatic carbocycles. The zero-order valence-electron chi connectivity index (χ0n) is 17.6. The van der Waals surface area contributed by atoms with Crippen molar-refractivity contribution in [1.29, 1.82) is 0 Å². The number of benzene rings is 1. The number of amides is 4. The second-order valence-electron chi connectivity index (χ2n) is 7.78. The van der Waals surface area contributed by atoms with Gasteiger partial charge in [-0.3, -0.25) is 19.2 Å². The van der Waals surface area contributed by atoms with Crippen LogP contribution in [0, 0.1) is 13.8 Å². The summed E-state index contributed by atoms with van der Waals surface area (Å²) in [6, 6.07) is 9.53. The van der Waals surface area contributed by atoms with E-state index in [1.165, 1.54) is 0 Å². The Kier molecular flexibility index (Phi) is 6.00. The van der Waals surface area contributed by atoms with Crippen molar-refractivity contribution in [3.8, 4) is 0 Å². The van der Waals surface area contributed by atoms with E-state index < -0.39 is 11.6 Å². The molecule has 1 aliphatic rings. The standard InChI is InChI=1S/C21H26N6O3/c1-14-17(15(2)27(25-14)13-16-8-6-5-7-9-16)12-22-24-18(28)10-11-26-19(29)21(3,4)23-20(26)30/h5-9,12H,10-11,13H2,1-4H3,(H,23,30)(H,24,28)/b22-12-. The van der Waals surface area contributed by atoms with Crippen molar-refractivity contribution in [2.24, 2.45) is 5.10 Å². The number of hydrazone groups is 1. The van der Waals surface area contributed by atoms with Gasteiger partial charge in [0.1, 0.15) is 5.54 Å². The largest absolute Gasteiger partial charge is 0.325 e. The summed E-state index contributed by atoms with van der Waals surface area (Å²) in [6.45, 7) is 7.74. The fourth-order valence-corrected chi connectivity index (χ4v) is 3.27. The van der Waals surface area contributed by atoms with Gasteiger partial charge in [0.2, 0.25) is 5.91 Å². The lowest BCUT2D eigenvalue weighted by molar-refractivity contribution is -0.130. The number of imide groups is 1. The monoisotopic (exact) mass is 410 g/mol. The van der Waals surface area contributed by atoms with Crippen molar-refractivity contribution in [3.05, 3.63) is 52.8 Å². The zero-order chi connectivity index (χ0) is 21.9. The molecule has 1 aliphatic heterocycles. The maximum Gasteiger partial charge on any atom is 0.325 e. The maximum atomic E-state index is 12.1. The predicted molar refractivity (Wildman–Crippen MR) is 112 cm³/mol. The molecule has 0 bridgehead atoms. The number of carbonyl (C=O) groups is 3. The van der Waals surface area contributed by atoms with Gasteiger partial charge in [0.25, 0.3) is 5.91 Å². The van der Waals surface area contributed by atoms with Crippen LogP contribution in [-0.4, -0.2) is 50.8 Å². The first kappa shape index (κ1) is 21.2. The van der Waals surface area contributed by atoms with Crippen LogP contribution in [0.4, 0.5) is 4.79 Å². The van der Waals surface area contributed by atoms with Crippen molar-refractivity contribution >= 4 is 24.1 Å². The third-order valence-corrected chi connectivity index (χ3v) is 5.00. The van der Waals surface area contributed by atoms with Crippen LogP contribution in [-0.2, 0) is 16.1 Å². The van der Waals surface area contributed by atoms with Crippen LogP contribution < -0.4 is 10.7 Å². The second-order valence-corrected chi connectivity index (χ2v) is 7.78. The Morgan fingerprint density at radius 2 is 1.93 bits per heavy atom. The number of carbonyl (C=O) groups excluding carboxylic acids is 3. The molecule has 0 saturated carbocycles. The molecule has 2 aromatic rings. The highest BCUT2D eigenvalue weighted by Crippen LogP contribution is 2.16. The molecule has 2 N–H and O–H groups in total. The first-order valence-electron chi connectivity index (χ1n) is 9.73. The van der Waals surface area contributed by atoms with Crippen LogP contribution in [0.5, 0.6) is 0 Å². The molecule has 30 heavy (non-hydrogen) atoms. The lowest BCUT2D eigenvalue weighted by Crippen LogP contribution is -2.40. The van der Waals surface area contributed by atoms with Gasteiger partial charge in [0, 0.05) is 24.2 Å². The first-order chi connectivity index (χ1) is 14.2. The highest BCUT2D eigenvalue weighted by atomic mass is 16.2. The Labute approximate surface area is 175 Å². The molecule has 9 heteroatoms. The summed E-state index contributed by atoms with van der Waals surface area (Å²) < 4.78 is 1.90. The molecular weight excluding hydrogens is 384 g/mol. The molecule has 0 spiro atoms. The van der Waals surface area contributed by atoms with E-state index in [9.17, 15) is 14.4 Å². The molecule has 0 radical (unpaired) electrons. The molecule has 1 aromatic carbocycles. The van der Waals surface area contributed by atoms with Crippen molar-refractivity contribution in [1.82, 2.24) is 25.4 Å². The van der Waals surface area contributed by atoms with Gasteiger partial charge in [-0.1, -0.05) is 30.3 Å². The van der Waals surface area contributed by atoms with E-state index in [2.05, 4.69) is 20.9 Å². The van der Waals surface area contributed by atoms with Gasteiger partial charge in [-0.05, 0) is 33.3 Å². The van der Waals surface area contributed by atoms with E-state index in [-0.39, 0.29) is 24.8 Å². The third kappa shape index (κ3) is 4.56. The van der Waals surface area contributed by atoms with Crippen molar-refractivity contribution in [2.45, 2.75) is 46.2 Å². The fourth-order valence-electron chi connectivity index (χ4n) is 3.27. The fraction of sp³-hybridized carbons (Fsp3) is 0.381. The smallest absolute Gasteiger partial charge is 0.324 e. The number of aromatic nitrogens is 2. The summed E-state index contributed by atoms with van der Waals surface area (Å²) in [5.74, 6) is -0.732. The molecule has 2 heterocycles. The molecule has 1 fully saturated rings. The number of urea groups is 1. The summed E-state index contributed by atoms with van der Waals surface area (Å²) in [5, 5.41) is 11.1. The lowest BCUT2D eigenvalue weighted by atomic mass is 10.1. The Morgan fingerprint density at radius 1 is 1.23 bits per heavy atom. The minimum absolute atomic E-state index is 0.00249. The molecule has 1 aromatic heterocycles. The summed E-state index contributed by atoms with van der Waals surface area (Å²) >= 11 is 0. The average molecular weight is 410 g/mol. The Bertz CT molecular complexity index is 994. The number of nitrogens with one attached hydrogen (secondary N) is 2. The van der Waals surface area contributed by atoms with E-state index in [4.69, 9.17) is 0 Å². The minimum Gasteiger partial charge on any atom is -0.324 e. The van der Waals surface area contributed by atoms with Gasteiger partial charge < -0.3 is 5.32 Å². The van der Waals surface area contributed by atoms with E-state index in [0.29, 0.717) is 6.54 Å². The Balaban J connectivity index is 1.56. The normalized spacial score (nSPS) is 15.7. The molecule has 1 saturated heterocycles. The van der Waals surface area contributed by atoms with Gasteiger partial charge in [-0.15, -0.1) is 0 Å². The number of hydrogen-bond donors (Lipinski definition) is 2. The molecule has 158 valence electrons. The molecule has 0 atom stereocenters. The van der Waals surface area contributed by atoms with Crippen molar-refractivity contribution in [3.63, 3.8) is 0 Å². The van der Waals surface area contributed by atoms with Gasteiger partial charge in [0.15, 0.2) is 0 Å². The van der Waals surface area contributed by atoms with Crippen LogP contribution in [0.15, 0.2) is 35.4 Å².